The van der Waals surface area contributed by atoms with Crippen molar-refractivity contribution >= 4 is 23.2 Å². The molecule has 1 aliphatic heterocycles. The number of nitrogens with one attached hydrogen (secondary N) is 2. The van der Waals surface area contributed by atoms with Crippen molar-refractivity contribution in [3.05, 3.63) is 96.1 Å². The molecule has 1 fully saturated rings. The highest BCUT2D eigenvalue weighted by Gasteiger charge is 2.17. The van der Waals surface area contributed by atoms with Crippen LogP contribution < -0.4 is 15.5 Å². The van der Waals surface area contributed by atoms with Crippen molar-refractivity contribution in [3.8, 4) is 0 Å². The minimum Gasteiger partial charge on any atom is -0.369 e. The maximum absolute atomic E-state index is 12.2. The number of hydrogen-bond acceptors (Lipinski definition) is 4. The third kappa shape index (κ3) is 6.67. The molecule has 0 radical (unpaired) electrons. The molecule has 6 nitrogen and oxygen atoms in total. The lowest BCUT2D eigenvalue weighted by Gasteiger charge is -2.36. The quantitative estimate of drug-likeness (QED) is 0.558. The van der Waals surface area contributed by atoms with E-state index in [9.17, 15) is 9.59 Å². The smallest absolute Gasteiger partial charge is 0.251 e. The van der Waals surface area contributed by atoms with Crippen LogP contribution in [0, 0.1) is 0 Å². The first-order valence-electron chi connectivity index (χ1n) is 11.4. The molecule has 2 amide bonds. The van der Waals surface area contributed by atoms with E-state index in [0.29, 0.717) is 12.1 Å². The largest absolute Gasteiger partial charge is 0.369 e. The summed E-state index contributed by atoms with van der Waals surface area (Å²) in [7, 11) is 0. The molecule has 0 saturated carbocycles. The number of hydrogen-bond donors (Lipinski definition) is 2. The molecule has 3 aromatic rings. The maximum atomic E-state index is 12.2. The molecule has 3 aromatic carbocycles. The summed E-state index contributed by atoms with van der Waals surface area (Å²) in [6.45, 7) is 5.32. The number of carbonyl (C=O) groups is 2. The number of rotatable bonds is 8. The number of amides is 2. The molecule has 1 heterocycles. The van der Waals surface area contributed by atoms with E-state index < -0.39 is 0 Å². The maximum Gasteiger partial charge on any atom is 0.251 e. The van der Waals surface area contributed by atoms with Gasteiger partial charge in [-0.15, -0.1) is 0 Å². The Balaban J connectivity index is 1.18. The second-order valence-electron chi connectivity index (χ2n) is 8.22. The summed E-state index contributed by atoms with van der Waals surface area (Å²) in [4.78, 5) is 29.1. The number of nitrogens with zero attached hydrogens (tertiary/aromatic N) is 2. The Bertz CT molecular complexity index is 1030. The highest BCUT2D eigenvalue weighted by atomic mass is 16.2. The minimum absolute atomic E-state index is 0.120. The lowest BCUT2D eigenvalue weighted by atomic mass is 10.2. The molecular weight excluding hydrogens is 412 g/mol. The van der Waals surface area contributed by atoms with Gasteiger partial charge in [-0.25, -0.2) is 0 Å². The van der Waals surface area contributed by atoms with Crippen molar-refractivity contribution in [2.45, 2.75) is 13.0 Å². The molecule has 4 rings (SSSR count). The third-order valence-electron chi connectivity index (χ3n) is 5.81. The van der Waals surface area contributed by atoms with Gasteiger partial charge in [0.15, 0.2) is 0 Å². The van der Waals surface area contributed by atoms with E-state index in [-0.39, 0.29) is 18.2 Å². The normalized spacial score (nSPS) is 14.0. The van der Waals surface area contributed by atoms with Gasteiger partial charge >= 0.3 is 0 Å². The van der Waals surface area contributed by atoms with Crippen LogP contribution in [0.2, 0.25) is 0 Å². The van der Waals surface area contributed by atoms with E-state index in [0.717, 1.165) is 38.4 Å². The molecule has 2 N–H and O–H groups in total. The Morgan fingerprint density at radius 1 is 0.758 bits per heavy atom. The zero-order valence-corrected chi connectivity index (χ0v) is 18.7. The van der Waals surface area contributed by atoms with Crippen molar-refractivity contribution in [1.29, 1.82) is 0 Å². The van der Waals surface area contributed by atoms with Gasteiger partial charge in [-0.3, -0.25) is 14.5 Å². The molecule has 1 saturated heterocycles. The van der Waals surface area contributed by atoms with Gasteiger partial charge in [0, 0.05) is 62.6 Å². The van der Waals surface area contributed by atoms with Gasteiger partial charge in [-0.05, 0) is 42.0 Å². The van der Waals surface area contributed by atoms with Crippen LogP contribution in [0.3, 0.4) is 0 Å². The van der Waals surface area contributed by atoms with Crippen molar-refractivity contribution in [1.82, 2.24) is 10.2 Å². The summed E-state index contributed by atoms with van der Waals surface area (Å²) in [6.07, 6.45) is 0.226. The monoisotopic (exact) mass is 442 g/mol. The predicted molar refractivity (Wildman–Crippen MR) is 132 cm³/mol. The van der Waals surface area contributed by atoms with E-state index in [1.54, 1.807) is 12.1 Å². The van der Waals surface area contributed by atoms with Crippen LogP contribution in [0.4, 0.5) is 11.4 Å². The molecule has 0 unspecified atom stereocenters. The van der Waals surface area contributed by atoms with Crippen molar-refractivity contribution in [2.75, 3.05) is 42.9 Å². The topological polar surface area (TPSA) is 64.7 Å². The van der Waals surface area contributed by atoms with Gasteiger partial charge in [0.05, 0.1) is 0 Å². The minimum atomic E-state index is -0.170. The number of benzene rings is 3. The van der Waals surface area contributed by atoms with Crippen LogP contribution in [-0.4, -0.2) is 49.4 Å². The molecule has 1 aliphatic rings. The summed E-state index contributed by atoms with van der Waals surface area (Å²) in [5.74, 6) is -0.290. The molecule has 0 spiro atoms. The van der Waals surface area contributed by atoms with E-state index >= 15 is 0 Å². The summed E-state index contributed by atoms with van der Waals surface area (Å²) in [5.41, 5.74) is 3.88. The fourth-order valence-electron chi connectivity index (χ4n) is 3.97. The summed E-state index contributed by atoms with van der Waals surface area (Å²) < 4.78 is 0. The van der Waals surface area contributed by atoms with Crippen molar-refractivity contribution in [2.24, 2.45) is 0 Å². The van der Waals surface area contributed by atoms with Crippen LogP contribution in [0.15, 0.2) is 84.9 Å². The Morgan fingerprint density at radius 2 is 1.39 bits per heavy atom. The van der Waals surface area contributed by atoms with E-state index in [1.165, 1.54) is 11.3 Å². The van der Waals surface area contributed by atoms with Crippen LogP contribution in [0.25, 0.3) is 0 Å². The van der Waals surface area contributed by atoms with E-state index in [2.05, 4.69) is 62.9 Å². The van der Waals surface area contributed by atoms with Gasteiger partial charge in [-0.1, -0.05) is 48.5 Å². The molecule has 0 bridgehead atoms. The average molecular weight is 443 g/mol. The van der Waals surface area contributed by atoms with Crippen LogP contribution in [0.5, 0.6) is 0 Å². The summed E-state index contributed by atoms with van der Waals surface area (Å²) >= 11 is 0. The fraction of sp³-hybridized carbons (Fsp3) is 0.259. The summed E-state index contributed by atoms with van der Waals surface area (Å²) in [6, 6.07) is 27.6. The highest BCUT2D eigenvalue weighted by molar-refractivity contribution is 5.95. The number of carbonyl (C=O) groups excluding carboxylic acids is 2. The Kier molecular flexibility index (Phi) is 7.72. The second-order valence-corrected chi connectivity index (χ2v) is 8.22. The first-order chi connectivity index (χ1) is 16.2. The predicted octanol–water partition coefficient (Wildman–Crippen LogP) is 3.77. The van der Waals surface area contributed by atoms with Crippen molar-refractivity contribution in [3.63, 3.8) is 0 Å². The van der Waals surface area contributed by atoms with Gasteiger partial charge < -0.3 is 15.5 Å². The van der Waals surface area contributed by atoms with Crippen LogP contribution >= 0.6 is 0 Å². The first kappa shape index (κ1) is 22.6. The lowest BCUT2D eigenvalue weighted by molar-refractivity contribution is -0.116. The third-order valence-corrected chi connectivity index (χ3v) is 5.81. The molecule has 0 aromatic heterocycles. The summed E-state index contributed by atoms with van der Waals surface area (Å²) in [5, 5.41) is 5.68. The zero-order chi connectivity index (χ0) is 22.9. The molecule has 6 heteroatoms. The van der Waals surface area contributed by atoms with Gasteiger partial charge in [0.25, 0.3) is 5.91 Å². The van der Waals surface area contributed by atoms with Gasteiger partial charge in [0.1, 0.15) is 0 Å². The van der Waals surface area contributed by atoms with Gasteiger partial charge in [0.2, 0.25) is 5.91 Å². The molecular formula is C27H30N4O2. The molecule has 0 atom stereocenters. The lowest BCUT2D eigenvalue weighted by Crippen LogP contribution is -2.45. The van der Waals surface area contributed by atoms with Gasteiger partial charge in [-0.2, -0.15) is 0 Å². The van der Waals surface area contributed by atoms with Crippen molar-refractivity contribution < 1.29 is 9.59 Å². The van der Waals surface area contributed by atoms with Crippen LogP contribution in [0.1, 0.15) is 22.3 Å². The second kappa shape index (κ2) is 11.3. The number of piperazine rings is 1. The van der Waals surface area contributed by atoms with Crippen LogP contribution in [-0.2, 0) is 11.3 Å². The average Bonchev–Trinajstić information content (AvgIpc) is 2.86. The van der Waals surface area contributed by atoms with E-state index in [1.807, 2.05) is 30.3 Å². The Hall–Kier alpha value is -3.64. The standard InChI is InChI=1S/C27H30N4O2/c32-26(15-16-28-27(33)23-9-5-2-6-10-23)29-24-11-13-25(14-12-24)31-19-17-30(18-20-31)21-22-7-3-1-4-8-22/h1-14H,15-21H2,(H,28,33)(H,29,32). The fourth-order valence-corrected chi connectivity index (χ4v) is 3.97. The SMILES string of the molecule is O=C(CCNC(=O)c1ccccc1)Nc1ccc(N2CCN(Cc3ccccc3)CC2)cc1. The Labute approximate surface area is 195 Å². The molecule has 170 valence electrons. The highest BCUT2D eigenvalue weighted by Crippen LogP contribution is 2.20. The molecule has 33 heavy (non-hydrogen) atoms. The first-order valence-corrected chi connectivity index (χ1v) is 11.4. The Morgan fingerprint density at radius 3 is 2.06 bits per heavy atom. The zero-order valence-electron chi connectivity index (χ0n) is 18.7. The molecule has 0 aliphatic carbocycles. The number of anilines is 2. The van der Waals surface area contributed by atoms with E-state index in [4.69, 9.17) is 0 Å².